The summed E-state index contributed by atoms with van der Waals surface area (Å²) < 4.78 is 0. The van der Waals surface area contributed by atoms with Crippen LogP contribution in [0.1, 0.15) is 55.9 Å². The second-order valence-corrected chi connectivity index (χ2v) is 6.86. The lowest BCUT2D eigenvalue weighted by Gasteiger charge is -2.34. The van der Waals surface area contributed by atoms with Gasteiger partial charge in [0.1, 0.15) is 0 Å². The number of nitrogens with one attached hydrogen (secondary N) is 1. The van der Waals surface area contributed by atoms with Gasteiger partial charge in [-0.3, -0.25) is 4.79 Å². The molecule has 1 aliphatic heterocycles. The molecule has 2 heterocycles. The summed E-state index contributed by atoms with van der Waals surface area (Å²) in [6.07, 6.45) is 7.15. The van der Waals surface area contributed by atoms with Gasteiger partial charge in [0.2, 0.25) is 0 Å². The molecule has 0 spiro atoms. The summed E-state index contributed by atoms with van der Waals surface area (Å²) in [6.45, 7) is 7.34. The first kappa shape index (κ1) is 17.1. The van der Waals surface area contributed by atoms with E-state index in [4.69, 9.17) is 0 Å². The zero-order valence-electron chi connectivity index (χ0n) is 14.7. The highest BCUT2D eigenvalue weighted by Gasteiger charge is 2.19. The van der Waals surface area contributed by atoms with Crippen molar-refractivity contribution >= 4 is 11.7 Å². The van der Waals surface area contributed by atoms with E-state index in [0.29, 0.717) is 11.7 Å². The Kier molecular flexibility index (Phi) is 6.01. The van der Waals surface area contributed by atoms with Crippen LogP contribution in [0.5, 0.6) is 0 Å². The second-order valence-electron chi connectivity index (χ2n) is 6.86. The Morgan fingerprint density at radius 1 is 1.08 bits per heavy atom. The number of amides is 1. The van der Waals surface area contributed by atoms with Gasteiger partial charge in [-0.05, 0) is 31.5 Å². The van der Waals surface area contributed by atoms with Crippen LogP contribution in [0.4, 0.5) is 5.82 Å². The average Bonchev–Trinajstić information content (AvgIpc) is 2.90. The lowest BCUT2D eigenvalue weighted by atomic mass is 10.1. The Balaban J connectivity index is 1.54. The maximum atomic E-state index is 12.4. The number of rotatable bonds is 4. The Morgan fingerprint density at radius 2 is 1.79 bits per heavy atom. The predicted molar refractivity (Wildman–Crippen MR) is 95.3 cm³/mol. The minimum atomic E-state index is -0.0863. The van der Waals surface area contributed by atoms with Crippen LogP contribution in [0, 0.1) is 0 Å². The van der Waals surface area contributed by atoms with Crippen molar-refractivity contribution in [3.63, 3.8) is 0 Å². The Morgan fingerprint density at radius 3 is 2.38 bits per heavy atom. The van der Waals surface area contributed by atoms with E-state index < -0.39 is 0 Å². The zero-order chi connectivity index (χ0) is 16.8. The summed E-state index contributed by atoms with van der Waals surface area (Å²) in [5.74, 6) is 0.786. The summed E-state index contributed by atoms with van der Waals surface area (Å²) in [7, 11) is 0. The van der Waals surface area contributed by atoms with Crippen LogP contribution in [0.3, 0.4) is 0 Å². The molecule has 132 valence electrons. The predicted octanol–water partition coefficient (Wildman–Crippen LogP) is 2.07. The van der Waals surface area contributed by atoms with Crippen LogP contribution < -0.4 is 10.2 Å². The van der Waals surface area contributed by atoms with Gasteiger partial charge in [0.25, 0.3) is 5.91 Å². The SMILES string of the molecule is CCN1CCN(c2ccc(C(=O)NC3CCCCCC3)nn2)CC1. The molecule has 0 aromatic carbocycles. The molecule has 1 N–H and O–H groups in total. The highest BCUT2D eigenvalue weighted by Crippen LogP contribution is 2.18. The van der Waals surface area contributed by atoms with Gasteiger partial charge >= 0.3 is 0 Å². The molecule has 2 fully saturated rings. The van der Waals surface area contributed by atoms with Crippen molar-refractivity contribution in [2.45, 2.75) is 51.5 Å². The lowest BCUT2D eigenvalue weighted by molar-refractivity contribution is 0.0927. The van der Waals surface area contributed by atoms with Gasteiger partial charge in [0, 0.05) is 32.2 Å². The van der Waals surface area contributed by atoms with Crippen LogP contribution >= 0.6 is 0 Å². The van der Waals surface area contributed by atoms with Gasteiger partial charge in [-0.1, -0.05) is 32.6 Å². The van der Waals surface area contributed by atoms with E-state index in [1.807, 2.05) is 6.07 Å². The number of likely N-dealkylation sites (N-methyl/N-ethyl adjacent to an activating group) is 1. The third-order valence-electron chi connectivity index (χ3n) is 5.22. The third kappa shape index (κ3) is 4.44. The normalized spacial score (nSPS) is 20.6. The zero-order valence-corrected chi connectivity index (χ0v) is 14.7. The van der Waals surface area contributed by atoms with Gasteiger partial charge in [0.05, 0.1) is 0 Å². The molecule has 0 bridgehead atoms. The first-order valence-electron chi connectivity index (χ1n) is 9.38. The van der Waals surface area contributed by atoms with Crippen molar-refractivity contribution in [3.8, 4) is 0 Å². The van der Waals surface area contributed by atoms with E-state index >= 15 is 0 Å². The van der Waals surface area contributed by atoms with E-state index in [1.54, 1.807) is 6.07 Å². The summed E-state index contributed by atoms with van der Waals surface area (Å²) in [4.78, 5) is 17.0. The molecule has 6 nitrogen and oxygen atoms in total. The minimum absolute atomic E-state index is 0.0863. The van der Waals surface area contributed by atoms with Crippen LogP contribution in [-0.2, 0) is 0 Å². The standard InChI is InChI=1S/C18H29N5O/c1-2-22-11-13-23(14-12-22)17-10-9-16(20-21-17)18(24)19-15-7-5-3-4-6-8-15/h9-10,15H,2-8,11-14H2,1H3,(H,19,24). The molecule has 24 heavy (non-hydrogen) atoms. The number of piperazine rings is 1. The first-order chi connectivity index (χ1) is 11.8. The Labute approximate surface area is 144 Å². The van der Waals surface area contributed by atoms with Crippen molar-refractivity contribution < 1.29 is 4.79 Å². The molecule has 0 unspecified atom stereocenters. The third-order valence-corrected chi connectivity index (χ3v) is 5.22. The van der Waals surface area contributed by atoms with Crippen molar-refractivity contribution in [1.82, 2.24) is 20.4 Å². The highest BCUT2D eigenvalue weighted by atomic mass is 16.2. The lowest BCUT2D eigenvalue weighted by Crippen LogP contribution is -2.46. The average molecular weight is 331 g/mol. The van der Waals surface area contributed by atoms with Crippen molar-refractivity contribution in [3.05, 3.63) is 17.8 Å². The number of anilines is 1. The van der Waals surface area contributed by atoms with Crippen molar-refractivity contribution in [1.29, 1.82) is 0 Å². The minimum Gasteiger partial charge on any atom is -0.353 e. The van der Waals surface area contributed by atoms with Gasteiger partial charge in [-0.15, -0.1) is 10.2 Å². The maximum absolute atomic E-state index is 12.4. The molecule has 0 radical (unpaired) electrons. The number of aromatic nitrogens is 2. The van der Waals surface area contributed by atoms with E-state index in [9.17, 15) is 4.79 Å². The topological polar surface area (TPSA) is 61.4 Å². The number of hydrogen-bond donors (Lipinski definition) is 1. The van der Waals surface area contributed by atoms with Gasteiger partial charge in [-0.25, -0.2) is 0 Å². The van der Waals surface area contributed by atoms with Gasteiger partial charge < -0.3 is 15.1 Å². The van der Waals surface area contributed by atoms with Crippen molar-refractivity contribution in [2.24, 2.45) is 0 Å². The largest absolute Gasteiger partial charge is 0.353 e. The van der Waals surface area contributed by atoms with E-state index in [2.05, 4.69) is 32.2 Å². The van der Waals surface area contributed by atoms with Gasteiger partial charge in [-0.2, -0.15) is 0 Å². The molecule has 1 saturated heterocycles. The maximum Gasteiger partial charge on any atom is 0.272 e. The van der Waals surface area contributed by atoms with Crippen LogP contribution in [0.15, 0.2) is 12.1 Å². The van der Waals surface area contributed by atoms with E-state index in [1.165, 1.54) is 25.7 Å². The molecular formula is C18H29N5O. The molecule has 6 heteroatoms. The van der Waals surface area contributed by atoms with E-state index in [0.717, 1.165) is 51.4 Å². The molecule has 1 amide bonds. The molecule has 1 aliphatic carbocycles. The summed E-state index contributed by atoms with van der Waals surface area (Å²) in [5, 5.41) is 11.6. The first-order valence-corrected chi connectivity index (χ1v) is 9.38. The quantitative estimate of drug-likeness (QED) is 0.856. The number of carbonyl (C=O) groups is 1. The number of nitrogens with zero attached hydrogens (tertiary/aromatic N) is 4. The smallest absolute Gasteiger partial charge is 0.272 e. The van der Waals surface area contributed by atoms with E-state index in [-0.39, 0.29) is 5.91 Å². The number of carbonyl (C=O) groups excluding carboxylic acids is 1. The van der Waals surface area contributed by atoms with Crippen molar-refractivity contribution in [2.75, 3.05) is 37.6 Å². The molecule has 1 aromatic rings. The summed E-state index contributed by atoms with van der Waals surface area (Å²) in [6, 6.07) is 4.03. The molecule has 2 aliphatic rings. The summed E-state index contributed by atoms with van der Waals surface area (Å²) in [5.41, 5.74) is 0.426. The summed E-state index contributed by atoms with van der Waals surface area (Å²) >= 11 is 0. The molecule has 1 saturated carbocycles. The Bertz CT molecular complexity index is 517. The van der Waals surface area contributed by atoms with Crippen LogP contribution in [0.25, 0.3) is 0 Å². The monoisotopic (exact) mass is 331 g/mol. The molecule has 1 aromatic heterocycles. The van der Waals surface area contributed by atoms with Crippen LogP contribution in [0.2, 0.25) is 0 Å². The molecular weight excluding hydrogens is 302 g/mol. The molecule has 3 rings (SSSR count). The highest BCUT2D eigenvalue weighted by molar-refractivity contribution is 5.92. The van der Waals surface area contributed by atoms with Gasteiger partial charge in [0.15, 0.2) is 11.5 Å². The Hall–Kier alpha value is -1.69. The number of hydrogen-bond acceptors (Lipinski definition) is 5. The fourth-order valence-electron chi connectivity index (χ4n) is 3.59. The fraction of sp³-hybridized carbons (Fsp3) is 0.722. The fourth-order valence-corrected chi connectivity index (χ4v) is 3.59. The van der Waals surface area contributed by atoms with Crippen LogP contribution in [-0.4, -0.2) is 59.8 Å². The molecule has 0 atom stereocenters. The second kappa shape index (κ2) is 8.42.